The van der Waals surface area contributed by atoms with E-state index in [0.29, 0.717) is 35.3 Å². The molecule has 1 aromatic heterocycles. The highest BCUT2D eigenvalue weighted by atomic mass is 16.5. The smallest absolute Gasteiger partial charge is 0.240 e. The summed E-state index contributed by atoms with van der Waals surface area (Å²) >= 11 is 0. The van der Waals surface area contributed by atoms with E-state index >= 15 is 0 Å². The molecule has 4 rings (SSSR count). The zero-order chi connectivity index (χ0) is 30.4. The predicted molar refractivity (Wildman–Crippen MR) is 170 cm³/mol. The van der Waals surface area contributed by atoms with E-state index in [0.717, 1.165) is 29.2 Å². The van der Waals surface area contributed by atoms with Crippen molar-refractivity contribution in [2.24, 2.45) is 0 Å². The number of carbonyl (C=O) groups is 1. The van der Waals surface area contributed by atoms with Crippen molar-refractivity contribution in [1.82, 2.24) is 20.2 Å². The first kappa shape index (κ1) is 31.8. The van der Waals surface area contributed by atoms with Gasteiger partial charge < -0.3 is 19.5 Å². The van der Waals surface area contributed by atoms with Crippen molar-refractivity contribution in [2.75, 3.05) is 26.6 Å². The molecule has 43 heavy (non-hydrogen) atoms. The third-order valence-corrected chi connectivity index (χ3v) is 7.77. The largest absolute Gasteiger partial charge is 0.496 e. The van der Waals surface area contributed by atoms with Crippen LogP contribution in [-0.2, 0) is 11.3 Å². The fourth-order valence-electron chi connectivity index (χ4n) is 5.34. The summed E-state index contributed by atoms with van der Waals surface area (Å²) in [6.07, 6.45) is 12.6. The van der Waals surface area contributed by atoms with Gasteiger partial charge in [0.1, 0.15) is 28.9 Å². The predicted octanol–water partition coefficient (Wildman–Crippen LogP) is 7.54. The van der Waals surface area contributed by atoms with Gasteiger partial charge in [-0.2, -0.15) is 4.80 Å². The normalized spacial score (nSPS) is 11.8. The van der Waals surface area contributed by atoms with Crippen LogP contribution in [0.25, 0.3) is 10.8 Å². The summed E-state index contributed by atoms with van der Waals surface area (Å²) in [6.45, 7) is 2.92. The van der Waals surface area contributed by atoms with E-state index in [9.17, 15) is 4.79 Å². The Morgan fingerprint density at radius 3 is 2.05 bits per heavy atom. The van der Waals surface area contributed by atoms with Crippen LogP contribution in [-0.4, -0.2) is 47.4 Å². The maximum absolute atomic E-state index is 14.0. The van der Waals surface area contributed by atoms with E-state index in [-0.39, 0.29) is 5.91 Å². The first-order valence-corrected chi connectivity index (χ1v) is 15.4. The number of rotatable bonds is 18. The second-order valence-electron chi connectivity index (χ2n) is 10.9. The Morgan fingerprint density at radius 2 is 1.42 bits per heavy atom. The van der Waals surface area contributed by atoms with E-state index in [1.165, 1.54) is 65.6 Å². The number of hydrogen-bond acceptors (Lipinski definition) is 7. The summed E-state index contributed by atoms with van der Waals surface area (Å²) in [5.41, 5.74) is 1.17. The molecule has 9 nitrogen and oxygen atoms in total. The molecule has 1 N–H and O–H groups in total. The number of ether oxygens (including phenoxy) is 3. The Bertz CT molecular complexity index is 1430. The topological polar surface area (TPSA) is 100 Å². The van der Waals surface area contributed by atoms with Crippen molar-refractivity contribution in [3.05, 3.63) is 66.0 Å². The summed E-state index contributed by atoms with van der Waals surface area (Å²) in [5.74, 6) is 0.595. The van der Waals surface area contributed by atoms with Crippen LogP contribution in [0.15, 0.2) is 54.6 Å². The molecule has 1 heterocycles. The quantitative estimate of drug-likeness (QED) is 0.120. The molecule has 0 saturated carbocycles. The molecule has 0 aliphatic heterocycles. The van der Waals surface area contributed by atoms with Crippen molar-refractivity contribution >= 4 is 22.4 Å². The van der Waals surface area contributed by atoms with Crippen LogP contribution >= 0.6 is 0 Å². The molecule has 230 valence electrons. The number of aryl methyl sites for hydroxylation is 1. The average molecular weight is 588 g/mol. The van der Waals surface area contributed by atoms with Gasteiger partial charge in [-0.3, -0.25) is 4.79 Å². The molecule has 0 aliphatic rings. The van der Waals surface area contributed by atoms with Gasteiger partial charge in [-0.1, -0.05) is 101 Å². The first-order valence-electron chi connectivity index (χ1n) is 15.4. The Morgan fingerprint density at radius 1 is 0.791 bits per heavy atom. The van der Waals surface area contributed by atoms with Gasteiger partial charge in [-0.25, -0.2) is 0 Å². The van der Waals surface area contributed by atoms with Gasteiger partial charge in [0, 0.05) is 12.1 Å². The summed E-state index contributed by atoms with van der Waals surface area (Å²) in [5, 5.41) is 18.5. The number of fused-ring (bicyclic) bond motifs is 1. The zero-order valence-corrected chi connectivity index (χ0v) is 26.0. The maximum atomic E-state index is 14.0. The minimum atomic E-state index is -0.803. The summed E-state index contributed by atoms with van der Waals surface area (Å²) in [6, 6.07) is 17.4. The highest BCUT2D eigenvalue weighted by Gasteiger charge is 2.30. The minimum absolute atomic E-state index is 0.324. The molecule has 1 amide bonds. The Balaban J connectivity index is 1.49. The third-order valence-electron chi connectivity index (χ3n) is 7.77. The van der Waals surface area contributed by atoms with Crippen molar-refractivity contribution in [3.8, 4) is 17.2 Å². The second kappa shape index (κ2) is 16.5. The number of nitrogens with zero attached hydrogens (tertiary/aromatic N) is 4. The number of carbonyl (C=O) groups excluding carboxylic acids is 1. The lowest BCUT2D eigenvalue weighted by Crippen LogP contribution is -2.24. The molecule has 4 aromatic rings. The fraction of sp³-hybridized carbons (Fsp3) is 0.471. The van der Waals surface area contributed by atoms with E-state index in [4.69, 9.17) is 14.2 Å². The summed E-state index contributed by atoms with van der Waals surface area (Å²) in [7, 11) is 4.63. The van der Waals surface area contributed by atoms with Gasteiger partial charge in [0.25, 0.3) is 0 Å². The van der Waals surface area contributed by atoms with E-state index in [1.54, 1.807) is 24.0 Å². The van der Waals surface area contributed by atoms with E-state index in [1.807, 2.05) is 42.5 Å². The lowest BCUT2D eigenvalue weighted by molar-refractivity contribution is -0.116. The third kappa shape index (κ3) is 8.69. The molecule has 1 unspecified atom stereocenters. The van der Waals surface area contributed by atoms with Crippen LogP contribution in [0.3, 0.4) is 0 Å². The number of anilines is 1. The van der Waals surface area contributed by atoms with Crippen molar-refractivity contribution in [1.29, 1.82) is 0 Å². The molecular weight excluding hydrogens is 542 g/mol. The monoisotopic (exact) mass is 587 g/mol. The van der Waals surface area contributed by atoms with Crippen LogP contribution in [0.4, 0.5) is 5.69 Å². The van der Waals surface area contributed by atoms with Crippen molar-refractivity contribution in [2.45, 2.75) is 83.6 Å². The molecular formula is C34H45N5O4. The first-order chi connectivity index (χ1) is 21.1. The van der Waals surface area contributed by atoms with Gasteiger partial charge in [0.2, 0.25) is 5.91 Å². The van der Waals surface area contributed by atoms with Gasteiger partial charge in [0.15, 0.2) is 5.82 Å². The second-order valence-corrected chi connectivity index (χ2v) is 10.9. The maximum Gasteiger partial charge on any atom is 0.240 e. The highest BCUT2D eigenvalue weighted by Crippen LogP contribution is 2.40. The van der Waals surface area contributed by atoms with Gasteiger partial charge in [-0.15, -0.1) is 10.2 Å². The number of unbranched alkanes of at least 4 members (excludes halogenated alkanes) is 9. The SMILES string of the molecule is CCCCCCCCCCCCn1nnc(C(C(=O)Nc2c(OC)cc(OC)cc2OC)c2ccc3ccccc3c2)n1. The van der Waals surface area contributed by atoms with Crippen LogP contribution in [0, 0.1) is 0 Å². The van der Waals surface area contributed by atoms with Crippen LogP contribution in [0.5, 0.6) is 17.2 Å². The Hall–Kier alpha value is -4.14. The summed E-state index contributed by atoms with van der Waals surface area (Å²) < 4.78 is 16.5. The molecule has 0 fully saturated rings. The molecule has 9 heteroatoms. The summed E-state index contributed by atoms with van der Waals surface area (Å²) in [4.78, 5) is 15.6. The van der Waals surface area contributed by atoms with E-state index < -0.39 is 5.92 Å². The highest BCUT2D eigenvalue weighted by molar-refractivity contribution is 6.00. The van der Waals surface area contributed by atoms with Gasteiger partial charge >= 0.3 is 0 Å². The van der Waals surface area contributed by atoms with Crippen LogP contribution < -0.4 is 19.5 Å². The number of nitrogens with one attached hydrogen (secondary N) is 1. The molecule has 1 atom stereocenters. The number of hydrogen-bond donors (Lipinski definition) is 1. The average Bonchev–Trinajstić information content (AvgIpc) is 3.50. The van der Waals surface area contributed by atoms with Crippen molar-refractivity contribution < 1.29 is 19.0 Å². The molecule has 0 aliphatic carbocycles. The number of tetrazole rings is 1. The number of aromatic nitrogens is 4. The molecule has 3 aromatic carbocycles. The number of methoxy groups -OCH3 is 3. The molecule has 0 bridgehead atoms. The van der Waals surface area contributed by atoms with E-state index in [2.05, 4.69) is 27.7 Å². The molecule has 0 spiro atoms. The lowest BCUT2D eigenvalue weighted by atomic mass is 9.94. The zero-order valence-electron chi connectivity index (χ0n) is 26.0. The lowest BCUT2D eigenvalue weighted by Gasteiger charge is -2.19. The molecule has 0 radical (unpaired) electrons. The standard InChI is InChI=1S/C34H45N5O4/c1-5-6-7-8-9-10-11-12-13-16-21-39-37-33(36-38-39)31(27-20-19-25-17-14-15-18-26(25)22-27)34(40)35-32-29(42-3)23-28(41-2)24-30(32)43-4/h14-15,17-20,22-24,31H,5-13,16,21H2,1-4H3,(H,35,40). The number of benzene rings is 3. The molecule has 0 saturated heterocycles. The van der Waals surface area contributed by atoms with Gasteiger partial charge in [-0.05, 0) is 34.0 Å². The van der Waals surface area contributed by atoms with Crippen LogP contribution in [0.1, 0.15) is 88.4 Å². The van der Waals surface area contributed by atoms with Crippen LogP contribution in [0.2, 0.25) is 0 Å². The minimum Gasteiger partial charge on any atom is -0.496 e. The Kier molecular flexibility index (Phi) is 12.2. The van der Waals surface area contributed by atoms with Crippen molar-refractivity contribution in [3.63, 3.8) is 0 Å². The van der Waals surface area contributed by atoms with Gasteiger partial charge in [0.05, 0.1) is 27.9 Å². The fourth-order valence-corrected chi connectivity index (χ4v) is 5.34. The Labute approximate surface area is 254 Å². The number of amides is 1.